The van der Waals surface area contributed by atoms with Crippen molar-refractivity contribution in [3.8, 4) is 0 Å². The van der Waals surface area contributed by atoms with Gasteiger partial charge in [0.1, 0.15) is 0 Å². The van der Waals surface area contributed by atoms with Crippen LogP contribution in [-0.4, -0.2) is 11.5 Å². The molecule has 0 saturated carbocycles. The largest absolute Gasteiger partial charge is 0.289 e. The Morgan fingerprint density at radius 2 is 1.70 bits per heavy atom. The van der Waals surface area contributed by atoms with Crippen molar-refractivity contribution in [3.63, 3.8) is 0 Å². The summed E-state index contributed by atoms with van der Waals surface area (Å²) in [7, 11) is 0. The van der Waals surface area contributed by atoms with Gasteiger partial charge in [-0.25, -0.2) is 0 Å². The highest BCUT2D eigenvalue weighted by Crippen LogP contribution is 2.18. The number of thioether (sulfide) groups is 1. The van der Waals surface area contributed by atoms with Gasteiger partial charge in [-0.2, -0.15) is 0 Å². The lowest BCUT2D eigenvalue weighted by molar-refractivity contribution is 0.104. The zero-order chi connectivity index (χ0) is 16.5. The Kier molecular flexibility index (Phi) is 7.15. The quantitative estimate of drug-likeness (QED) is 0.334. The van der Waals surface area contributed by atoms with Crippen LogP contribution in [-0.2, 0) is 6.42 Å². The van der Waals surface area contributed by atoms with Crippen LogP contribution in [0.25, 0.3) is 6.08 Å². The Hall–Kier alpha value is -1.80. The maximum Gasteiger partial charge on any atom is 0.185 e. The van der Waals surface area contributed by atoms with Gasteiger partial charge >= 0.3 is 0 Å². The molecule has 1 nitrogen and oxygen atoms in total. The lowest BCUT2D eigenvalue weighted by Crippen LogP contribution is -1.93. The van der Waals surface area contributed by atoms with E-state index in [1.54, 1.807) is 17.8 Å². The number of hydrogen-bond donors (Lipinski definition) is 0. The van der Waals surface area contributed by atoms with Crippen molar-refractivity contribution in [2.24, 2.45) is 0 Å². The molecule has 0 N–H and O–H groups in total. The van der Waals surface area contributed by atoms with Gasteiger partial charge in [0, 0.05) is 10.5 Å². The van der Waals surface area contributed by atoms with Crippen LogP contribution >= 0.6 is 11.8 Å². The summed E-state index contributed by atoms with van der Waals surface area (Å²) in [5, 5.41) is 0. The van der Waals surface area contributed by atoms with Gasteiger partial charge in [-0.3, -0.25) is 4.79 Å². The third-order valence-electron chi connectivity index (χ3n) is 3.68. The van der Waals surface area contributed by atoms with Crippen LogP contribution in [0.1, 0.15) is 48.2 Å². The molecule has 2 heteroatoms. The van der Waals surface area contributed by atoms with E-state index >= 15 is 0 Å². The molecule has 0 heterocycles. The zero-order valence-electron chi connectivity index (χ0n) is 13.9. The van der Waals surface area contributed by atoms with E-state index in [2.05, 4.69) is 38.1 Å². The summed E-state index contributed by atoms with van der Waals surface area (Å²) in [6.07, 6.45) is 7.11. The third-order valence-corrected chi connectivity index (χ3v) is 4.57. The van der Waals surface area contributed by atoms with E-state index < -0.39 is 0 Å². The predicted octanol–water partition coefficient (Wildman–Crippen LogP) is 6.04. The number of benzene rings is 2. The van der Waals surface area contributed by atoms with Gasteiger partial charge in [0.15, 0.2) is 5.78 Å². The summed E-state index contributed by atoms with van der Waals surface area (Å²) in [6.45, 7) is 4.33. The Morgan fingerprint density at radius 3 is 2.30 bits per heavy atom. The van der Waals surface area contributed by atoms with Gasteiger partial charge < -0.3 is 0 Å². The molecule has 0 fully saturated rings. The van der Waals surface area contributed by atoms with E-state index in [4.69, 9.17) is 0 Å². The standard InChI is InChI=1S/C21H24OS/c1-3-5-6-17-7-9-18(10-8-17)11-16-21(22)19-12-14-20(15-13-19)23-4-2/h7-16H,3-6H2,1-2H3. The number of rotatable bonds is 8. The van der Waals surface area contributed by atoms with Crippen molar-refractivity contribution in [3.05, 3.63) is 71.3 Å². The molecule has 0 aliphatic carbocycles. The average Bonchev–Trinajstić information content (AvgIpc) is 2.59. The summed E-state index contributed by atoms with van der Waals surface area (Å²) in [4.78, 5) is 13.4. The van der Waals surface area contributed by atoms with Crippen molar-refractivity contribution in [2.45, 2.75) is 38.0 Å². The normalized spacial score (nSPS) is 11.0. The number of allylic oxidation sites excluding steroid dienone is 1. The highest BCUT2D eigenvalue weighted by molar-refractivity contribution is 7.99. The fourth-order valence-corrected chi connectivity index (χ4v) is 2.99. The summed E-state index contributed by atoms with van der Waals surface area (Å²) < 4.78 is 0. The first-order valence-electron chi connectivity index (χ1n) is 8.27. The second kappa shape index (κ2) is 9.36. The molecule has 2 rings (SSSR count). The molecule has 0 unspecified atom stereocenters. The number of ketones is 1. The van der Waals surface area contributed by atoms with Crippen LogP contribution in [0.5, 0.6) is 0 Å². The first-order chi connectivity index (χ1) is 11.2. The molecule has 0 atom stereocenters. The number of unbranched alkanes of at least 4 members (excludes halogenated alkanes) is 1. The summed E-state index contributed by atoms with van der Waals surface area (Å²) in [6, 6.07) is 16.3. The SMILES string of the molecule is CCCCc1ccc(C=CC(=O)c2ccc(SCC)cc2)cc1. The van der Waals surface area contributed by atoms with Crippen molar-refractivity contribution in [1.82, 2.24) is 0 Å². The van der Waals surface area contributed by atoms with Crippen molar-refractivity contribution in [2.75, 3.05) is 5.75 Å². The fraction of sp³-hybridized carbons (Fsp3) is 0.286. The van der Waals surface area contributed by atoms with Gasteiger partial charge in [-0.1, -0.05) is 50.6 Å². The second-order valence-electron chi connectivity index (χ2n) is 5.50. The summed E-state index contributed by atoms with van der Waals surface area (Å²) in [5.74, 6) is 1.09. The molecule has 0 aliphatic rings. The van der Waals surface area contributed by atoms with Crippen molar-refractivity contribution >= 4 is 23.6 Å². The highest BCUT2D eigenvalue weighted by atomic mass is 32.2. The van der Waals surface area contributed by atoms with Gasteiger partial charge in [0.05, 0.1) is 0 Å². The Labute approximate surface area is 143 Å². The topological polar surface area (TPSA) is 17.1 Å². The van der Waals surface area contributed by atoms with E-state index in [1.807, 2.05) is 30.3 Å². The number of carbonyl (C=O) groups is 1. The Bertz CT molecular complexity index is 639. The van der Waals surface area contributed by atoms with Gasteiger partial charge in [0.25, 0.3) is 0 Å². The van der Waals surface area contributed by atoms with Crippen LogP contribution < -0.4 is 0 Å². The molecule has 120 valence electrons. The van der Waals surface area contributed by atoms with E-state index in [0.29, 0.717) is 0 Å². The Balaban J connectivity index is 1.97. The van der Waals surface area contributed by atoms with Crippen LogP contribution in [0.2, 0.25) is 0 Å². The first-order valence-corrected chi connectivity index (χ1v) is 9.25. The summed E-state index contributed by atoms with van der Waals surface area (Å²) >= 11 is 1.78. The molecule has 0 saturated heterocycles. The van der Waals surface area contributed by atoms with E-state index in [9.17, 15) is 4.79 Å². The lowest BCUT2D eigenvalue weighted by atomic mass is 10.1. The van der Waals surface area contributed by atoms with E-state index in [-0.39, 0.29) is 5.78 Å². The molecule has 0 amide bonds. The zero-order valence-corrected chi connectivity index (χ0v) is 14.7. The van der Waals surface area contributed by atoms with Crippen molar-refractivity contribution in [1.29, 1.82) is 0 Å². The van der Waals surface area contributed by atoms with Crippen molar-refractivity contribution < 1.29 is 4.79 Å². The molecule has 0 aliphatic heterocycles. The van der Waals surface area contributed by atoms with Crippen LogP contribution in [0.4, 0.5) is 0 Å². The maximum absolute atomic E-state index is 12.2. The summed E-state index contributed by atoms with van der Waals surface area (Å²) in [5.41, 5.74) is 3.16. The number of hydrogen-bond acceptors (Lipinski definition) is 2. The van der Waals surface area contributed by atoms with Crippen LogP contribution in [0.3, 0.4) is 0 Å². The fourth-order valence-electron chi connectivity index (χ4n) is 2.33. The third kappa shape index (κ3) is 5.72. The molecular weight excluding hydrogens is 300 g/mol. The van der Waals surface area contributed by atoms with Crippen LogP contribution in [0, 0.1) is 0 Å². The number of carbonyl (C=O) groups excluding carboxylic acids is 1. The molecule has 2 aromatic rings. The van der Waals surface area contributed by atoms with Crippen LogP contribution in [0.15, 0.2) is 59.5 Å². The lowest BCUT2D eigenvalue weighted by Gasteiger charge is -2.01. The average molecular weight is 324 g/mol. The highest BCUT2D eigenvalue weighted by Gasteiger charge is 2.02. The molecule has 0 bridgehead atoms. The minimum atomic E-state index is 0.0492. The molecule has 23 heavy (non-hydrogen) atoms. The number of aryl methyl sites for hydroxylation is 1. The predicted molar refractivity (Wildman–Crippen MR) is 101 cm³/mol. The van der Waals surface area contributed by atoms with Gasteiger partial charge in [-0.15, -0.1) is 11.8 Å². The van der Waals surface area contributed by atoms with E-state index in [1.165, 1.54) is 23.3 Å². The molecular formula is C21H24OS. The minimum absolute atomic E-state index is 0.0492. The van der Waals surface area contributed by atoms with Gasteiger partial charge in [-0.05, 0) is 60.1 Å². The molecule has 2 aromatic carbocycles. The molecule has 0 aromatic heterocycles. The van der Waals surface area contributed by atoms with E-state index in [0.717, 1.165) is 23.3 Å². The first kappa shape index (κ1) is 17.6. The Morgan fingerprint density at radius 1 is 1.00 bits per heavy atom. The monoisotopic (exact) mass is 324 g/mol. The smallest absolute Gasteiger partial charge is 0.185 e. The minimum Gasteiger partial charge on any atom is -0.289 e. The maximum atomic E-state index is 12.2. The van der Waals surface area contributed by atoms with Gasteiger partial charge in [0.2, 0.25) is 0 Å². The molecule has 0 spiro atoms. The second-order valence-corrected chi connectivity index (χ2v) is 6.84. The molecule has 0 radical (unpaired) electrons.